The van der Waals surface area contributed by atoms with Gasteiger partial charge in [-0.3, -0.25) is 14.4 Å². The van der Waals surface area contributed by atoms with Gasteiger partial charge in [-0.2, -0.15) is 0 Å². The van der Waals surface area contributed by atoms with Crippen molar-refractivity contribution in [1.29, 1.82) is 0 Å². The van der Waals surface area contributed by atoms with Gasteiger partial charge in [0.2, 0.25) is 5.43 Å². The summed E-state index contributed by atoms with van der Waals surface area (Å²) in [7, 11) is 0. The van der Waals surface area contributed by atoms with E-state index >= 15 is 0 Å². The molecule has 180 valence electrons. The molecule has 3 heterocycles. The van der Waals surface area contributed by atoms with Crippen LogP contribution in [-0.2, 0) is 13.0 Å². The Bertz CT molecular complexity index is 1410. The molecule has 0 radical (unpaired) electrons. The van der Waals surface area contributed by atoms with Gasteiger partial charge in [-0.1, -0.05) is 18.2 Å². The second-order valence-electron chi connectivity index (χ2n) is 8.60. The van der Waals surface area contributed by atoms with Crippen molar-refractivity contribution in [2.45, 2.75) is 31.8 Å². The van der Waals surface area contributed by atoms with Crippen LogP contribution in [0.25, 0.3) is 0 Å². The standard InChI is InChI=1S/C25H20F3N3O4/c26-14-8-18(27)16(19(28)9-14)10-29-24(34)17-12-30-15-6-3-5-13-4-1-2-7-20(13)31(11-15)25(35)21(30)23(33)22(17)32/h1-2,4,7-9,12,15,33H,3,5-6,10-11H2,(H,29,34). The van der Waals surface area contributed by atoms with Crippen LogP contribution in [0.4, 0.5) is 18.9 Å². The Morgan fingerprint density at radius 3 is 2.57 bits per heavy atom. The minimum absolute atomic E-state index is 0.213. The number of nitrogens with zero attached hydrogens (tertiary/aromatic N) is 2. The number of rotatable bonds is 3. The van der Waals surface area contributed by atoms with E-state index in [2.05, 4.69) is 5.32 Å². The summed E-state index contributed by atoms with van der Waals surface area (Å²) in [5.41, 5.74) is -0.635. The normalized spacial score (nSPS) is 16.7. The van der Waals surface area contributed by atoms with Gasteiger partial charge in [-0.25, -0.2) is 13.2 Å². The first kappa shape index (κ1) is 22.7. The minimum atomic E-state index is -1.19. The van der Waals surface area contributed by atoms with Crippen LogP contribution < -0.4 is 15.6 Å². The molecule has 1 aromatic heterocycles. The molecule has 2 bridgehead atoms. The predicted molar refractivity (Wildman–Crippen MR) is 120 cm³/mol. The van der Waals surface area contributed by atoms with Gasteiger partial charge in [0, 0.05) is 42.7 Å². The van der Waals surface area contributed by atoms with E-state index in [1.807, 2.05) is 24.3 Å². The van der Waals surface area contributed by atoms with Crippen LogP contribution in [-0.4, -0.2) is 28.0 Å². The lowest BCUT2D eigenvalue weighted by molar-refractivity contribution is 0.0927. The van der Waals surface area contributed by atoms with E-state index in [0.29, 0.717) is 24.2 Å². The van der Waals surface area contributed by atoms with Gasteiger partial charge in [0.25, 0.3) is 11.8 Å². The number of fused-ring (bicyclic) bond motifs is 6. The van der Waals surface area contributed by atoms with Crippen molar-refractivity contribution in [3.05, 3.63) is 92.7 Å². The molecule has 1 atom stereocenters. The zero-order valence-corrected chi connectivity index (χ0v) is 18.4. The van der Waals surface area contributed by atoms with Crippen LogP contribution in [0.1, 0.15) is 50.9 Å². The Morgan fingerprint density at radius 1 is 1.11 bits per heavy atom. The van der Waals surface area contributed by atoms with E-state index in [9.17, 15) is 32.7 Å². The Labute approximate surface area is 197 Å². The fourth-order valence-corrected chi connectivity index (χ4v) is 4.75. The summed E-state index contributed by atoms with van der Waals surface area (Å²) < 4.78 is 42.4. The lowest BCUT2D eigenvalue weighted by Gasteiger charge is -2.39. The maximum absolute atomic E-state index is 13.9. The molecule has 2 aromatic carbocycles. The average Bonchev–Trinajstić information content (AvgIpc) is 2.80. The number of aromatic hydroxyl groups is 1. The number of benzene rings is 2. The number of amides is 2. The molecule has 2 aliphatic heterocycles. The molecule has 0 aliphatic carbocycles. The fraction of sp³-hybridized carbons (Fsp3) is 0.240. The summed E-state index contributed by atoms with van der Waals surface area (Å²) in [6, 6.07) is 8.10. The smallest absolute Gasteiger partial charge is 0.279 e. The molecule has 0 saturated heterocycles. The number of hydrogen-bond donors (Lipinski definition) is 2. The summed E-state index contributed by atoms with van der Waals surface area (Å²) in [6.45, 7) is -0.357. The van der Waals surface area contributed by atoms with Crippen LogP contribution in [0.15, 0.2) is 47.4 Å². The second-order valence-corrected chi connectivity index (χ2v) is 8.60. The fourth-order valence-electron chi connectivity index (χ4n) is 4.75. The van der Waals surface area contributed by atoms with Gasteiger partial charge in [0.15, 0.2) is 11.4 Å². The number of hydrogen-bond acceptors (Lipinski definition) is 4. The third kappa shape index (κ3) is 3.84. The summed E-state index contributed by atoms with van der Waals surface area (Å²) in [6.07, 6.45) is 3.35. The number of carbonyl (C=O) groups excluding carboxylic acids is 2. The first-order valence-electron chi connectivity index (χ1n) is 11.1. The molecule has 0 saturated carbocycles. The number of nitrogens with one attached hydrogen (secondary N) is 1. The van der Waals surface area contributed by atoms with Crippen LogP contribution in [0.2, 0.25) is 0 Å². The van der Waals surface area contributed by atoms with Crippen LogP contribution in [0.5, 0.6) is 5.75 Å². The van der Waals surface area contributed by atoms with Gasteiger partial charge in [0.05, 0.1) is 6.04 Å². The molecule has 10 heteroatoms. The lowest BCUT2D eigenvalue weighted by atomic mass is 9.95. The van der Waals surface area contributed by atoms with Crippen LogP contribution >= 0.6 is 0 Å². The number of aromatic nitrogens is 1. The molecule has 2 amide bonds. The number of halogens is 3. The van der Waals surface area contributed by atoms with E-state index in [1.165, 1.54) is 15.7 Å². The molecule has 2 aliphatic rings. The number of pyridine rings is 1. The molecule has 3 aromatic rings. The first-order valence-corrected chi connectivity index (χ1v) is 11.1. The van der Waals surface area contributed by atoms with E-state index < -0.39 is 58.1 Å². The predicted octanol–water partition coefficient (Wildman–Crippen LogP) is 3.44. The van der Waals surface area contributed by atoms with E-state index in [1.54, 1.807) is 0 Å². The summed E-state index contributed by atoms with van der Waals surface area (Å²) in [5.74, 6) is -5.90. The minimum Gasteiger partial charge on any atom is -0.503 e. The van der Waals surface area contributed by atoms with Crippen molar-refractivity contribution in [2.75, 3.05) is 11.4 Å². The number of aryl methyl sites for hydroxylation is 1. The monoisotopic (exact) mass is 483 g/mol. The number of anilines is 1. The second kappa shape index (κ2) is 8.61. The highest BCUT2D eigenvalue weighted by Gasteiger charge is 2.37. The van der Waals surface area contributed by atoms with Crippen molar-refractivity contribution in [3.63, 3.8) is 0 Å². The van der Waals surface area contributed by atoms with E-state index in [4.69, 9.17) is 0 Å². The van der Waals surface area contributed by atoms with Gasteiger partial charge >= 0.3 is 0 Å². The van der Waals surface area contributed by atoms with Gasteiger partial charge in [0.1, 0.15) is 23.0 Å². The third-order valence-electron chi connectivity index (χ3n) is 6.49. The molecular formula is C25H20F3N3O4. The quantitative estimate of drug-likeness (QED) is 0.597. The highest BCUT2D eigenvalue weighted by Crippen LogP contribution is 2.36. The van der Waals surface area contributed by atoms with E-state index in [0.717, 1.165) is 18.4 Å². The largest absolute Gasteiger partial charge is 0.503 e. The van der Waals surface area contributed by atoms with Crippen molar-refractivity contribution >= 4 is 17.5 Å². The Morgan fingerprint density at radius 2 is 1.83 bits per heavy atom. The SMILES string of the molecule is O=C(NCc1c(F)cc(F)cc1F)c1cn2c(c(O)c1=O)C(=O)N1CC2CCCc2ccccc21. The van der Waals surface area contributed by atoms with Gasteiger partial charge in [-0.15, -0.1) is 0 Å². The Balaban J connectivity index is 1.50. The third-order valence-corrected chi connectivity index (χ3v) is 6.49. The summed E-state index contributed by atoms with van der Waals surface area (Å²) in [4.78, 5) is 40.5. The highest BCUT2D eigenvalue weighted by atomic mass is 19.1. The van der Waals surface area contributed by atoms with E-state index in [-0.39, 0.29) is 18.3 Å². The summed E-state index contributed by atoms with van der Waals surface area (Å²) in [5, 5.41) is 12.9. The van der Waals surface area contributed by atoms with Crippen molar-refractivity contribution in [1.82, 2.24) is 9.88 Å². The van der Waals surface area contributed by atoms with Crippen LogP contribution in [0.3, 0.4) is 0 Å². The maximum Gasteiger partial charge on any atom is 0.279 e. The zero-order valence-electron chi connectivity index (χ0n) is 18.4. The maximum atomic E-state index is 13.9. The molecule has 2 N–H and O–H groups in total. The van der Waals surface area contributed by atoms with Crippen molar-refractivity contribution < 1.29 is 27.9 Å². The number of para-hydroxylation sites is 1. The molecule has 0 fully saturated rings. The van der Waals surface area contributed by atoms with Gasteiger partial charge < -0.3 is 19.9 Å². The molecule has 0 spiro atoms. The van der Waals surface area contributed by atoms with Crippen LogP contribution in [0, 0.1) is 17.5 Å². The first-order chi connectivity index (χ1) is 16.8. The average molecular weight is 483 g/mol. The van der Waals surface area contributed by atoms with Crippen molar-refractivity contribution in [3.8, 4) is 5.75 Å². The lowest BCUT2D eigenvalue weighted by Crippen LogP contribution is -2.46. The number of carbonyl (C=O) groups is 2. The van der Waals surface area contributed by atoms with Crippen molar-refractivity contribution in [2.24, 2.45) is 0 Å². The highest BCUT2D eigenvalue weighted by molar-refractivity contribution is 6.08. The molecule has 35 heavy (non-hydrogen) atoms. The zero-order chi connectivity index (χ0) is 24.9. The van der Waals surface area contributed by atoms with Gasteiger partial charge in [-0.05, 0) is 30.9 Å². The summed E-state index contributed by atoms with van der Waals surface area (Å²) >= 11 is 0. The Kier molecular flexibility index (Phi) is 5.58. The molecular weight excluding hydrogens is 463 g/mol. The Hall–Kier alpha value is -4.08. The molecule has 1 unspecified atom stereocenters. The molecule has 7 nitrogen and oxygen atoms in total. The topological polar surface area (TPSA) is 91.6 Å². The molecule has 5 rings (SSSR count).